The summed E-state index contributed by atoms with van der Waals surface area (Å²) < 4.78 is 12.3. The Morgan fingerprint density at radius 1 is 1.05 bits per heavy atom. The largest absolute Gasteiger partial charge is 0.486 e. The molecule has 1 aliphatic rings. The van der Waals surface area contributed by atoms with Crippen molar-refractivity contribution in [1.82, 2.24) is 4.98 Å². The number of rotatable bonds is 3. The van der Waals surface area contributed by atoms with E-state index in [1.165, 1.54) is 4.70 Å². The second kappa shape index (κ2) is 5.26. The van der Waals surface area contributed by atoms with Crippen LogP contribution in [0.25, 0.3) is 10.2 Å². The molecule has 3 aromatic rings. The lowest BCUT2D eigenvalue weighted by molar-refractivity contribution is 0.171. The van der Waals surface area contributed by atoms with Gasteiger partial charge in [0.2, 0.25) is 0 Å². The maximum absolute atomic E-state index is 5.60. The van der Waals surface area contributed by atoms with Gasteiger partial charge in [-0.1, -0.05) is 29.5 Å². The molecule has 0 fully saturated rings. The van der Waals surface area contributed by atoms with E-state index in [1.807, 2.05) is 36.4 Å². The van der Waals surface area contributed by atoms with Gasteiger partial charge >= 0.3 is 0 Å². The van der Waals surface area contributed by atoms with Crippen LogP contribution in [-0.4, -0.2) is 18.2 Å². The molecular weight excluding hydrogens is 284 g/mol. The van der Waals surface area contributed by atoms with E-state index in [-0.39, 0.29) is 0 Å². The molecule has 5 heteroatoms. The normalized spacial score (nSPS) is 13.3. The summed E-state index contributed by atoms with van der Waals surface area (Å²) in [4.78, 5) is 4.57. The molecule has 4 rings (SSSR count). The van der Waals surface area contributed by atoms with Gasteiger partial charge in [-0.3, -0.25) is 0 Å². The van der Waals surface area contributed by atoms with Crippen LogP contribution in [0.5, 0.6) is 11.5 Å². The molecule has 0 aliphatic carbocycles. The summed E-state index contributed by atoms with van der Waals surface area (Å²) in [6, 6.07) is 14.2. The third-order valence-corrected chi connectivity index (χ3v) is 4.34. The molecule has 106 valence electrons. The highest BCUT2D eigenvalue weighted by Crippen LogP contribution is 2.31. The fourth-order valence-corrected chi connectivity index (χ4v) is 3.18. The number of hydrogen-bond acceptors (Lipinski definition) is 5. The molecule has 2 heterocycles. The Morgan fingerprint density at radius 2 is 1.90 bits per heavy atom. The fraction of sp³-hybridized carbons (Fsp3) is 0.188. The summed E-state index contributed by atoms with van der Waals surface area (Å²) in [6.45, 7) is 1.95. The summed E-state index contributed by atoms with van der Waals surface area (Å²) in [7, 11) is 0. The van der Waals surface area contributed by atoms with Crippen LogP contribution in [0.4, 0.5) is 5.13 Å². The maximum atomic E-state index is 5.60. The van der Waals surface area contributed by atoms with Crippen molar-refractivity contribution in [2.45, 2.75) is 6.54 Å². The average Bonchev–Trinajstić information content (AvgIpc) is 2.95. The zero-order chi connectivity index (χ0) is 14.1. The Hall–Kier alpha value is -2.27. The van der Waals surface area contributed by atoms with Crippen molar-refractivity contribution in [3.63, 3.8) is 0 Å². The summed E-state index contributed by atoms with van der Waals surface area (Å²) in [6.07, 6.45) is 0. The Labute approximate surface area is 126 Å². The molecule has 0 unspecified atom stereocenters. The van der Waals surface area contributed by atoms with Crippen molar-refractivity contribution in [2.75, 3.05) is 18.5 Å². The monoisotopic (exact) mass is 298 g/mol. The van der Waals surface area contributed by atoms with Crippen molar-refractivity contribution in [1.29, 1.82) is 0 Å². The molecule has 1 aromatic heterocycles. The van der Waals surface area contributed by atoms with Gasteiger partial charge in [-0.25, -0.2) is 4.98 Å². The lowest BCUT2D eigenvalue weighted by Gasteiger charge is -2.18. The lowest BCUT2D eigenvalue weighted by atomic mass is 10.2. The molecule has 0 saturated carbocycles. The smallest absolute Gasteiger partial charge is 0.184 e. The van der Waals surface area contributed by atoms with Crippen LogP contribution in [0, 0.1) is 0 Å². The van der Waals surface area contributed by atoms with Crippen LogP contribution in [0.15, 0.2) is 42.5 Å². The van der Waals surface area contributed by atoms with Crippen LogP contribution in [0.2, 0.25) is 0 Å². The van der Waals surface area contributed by atoms with Gasteiger partial charge in [0.15, 0.2) is 16.6 Å². The van der Waals surface area contributed by atoms with Crippen LogP contribution in [0.1, 0.15) is 5.56 Å². The minimum Gasteiger partial charge on any atom is -0.486 e. The third kappa shape index (κ3) is 2.52. The van der Waals surface area contributed by atoms with Gasteiger partial charge in [0.1, 0.15) is 13.2 Å². The van der Waals surface area contributed by atoms with Gasteiger partial charge in [-0.05, 0) is 29.8 Å². The zero-order valence-corrected chi connectivity index (χ0v) is 12.2. The number of fused-ring (bicyclic) bond motifs is 2. The second-order valence-electron chi connectivity index (χ2n) is 4.82. The van der Waals surface area contributed by atoms with E-state index in [9.17, 15) is 0 Å². The minimum absolute atomic E-state index is 0.613. The van der Waals surface area contributed by atoms with Gasteiger partial charge in [0, 0.05) is 6.54 Å². The molecule has 1 N–H and O–H groups in total. The lowest BCUT2D eigenvalue weighted by Crippen LogP contribution is -2.15. The molecule has 0 bridgehead atoms. The SMILES string of the molecule is c1ccc2sc(NCc3ccc4c(c3)OCCO4)nc2c1. The molecule has 0 saturated heterocycles. The Bertz CT molecular complexity index is 752. The molecule has 4 nitrogen and oxygen atoms in total. The second-order valence-corrected chi connectivity index (χ2v) is 5.85. The highest BCUT2D eigenvalue weighted by molar-refractivity contribution is 7.22. The first-order valence-electron chi connectivity index (χ1n) is 6.86. The molecule has 1 aliphatic heterocycles. The fourth-order valence-electron chi connectivity index (χ4n) is 2.32. The maximum Gasteiger partial charge on any atom is 0.184 e. The van der Waals surface area contributed by atoms with Crippen LogP contribution < -0.4 is 14.8 Å². The first-order chi connectivity index (χ1) is 10.4. The molecular formula is C16H14N2O2S. The molecule has 2 aromatic carbocycles. The standard InChI is InChI=1S/C16H14N2O2S/c1-2-4-15-12(3-1)18-16(21-15)17-10-11-5-6-13-14(9-11)20-8-7-19-13/h1-6,9H,7-8,10H2,(H,17,18). The molecule has 0 spiro atoms. The molecule has 0 atom stereocenters. The molecule has 21 heavy (non-hydrogen) atoms. The third-order valence-electron chi connectivity index (χ3n) is 3.34. The number of para-hydroxylation sites is 1. The van der Waals surface area contributed by atoms with E-state index in [4.69, 9.17) is 9.47 Å². The Balaban J connectivity index is 1.51. The first-order valence-corrected chi connectivity index (χ1v) is 7.68. The van der Waals surface area contributed by atoms with E-state index in [0.717, 1.165) is 34.3 Å². The number of nitrogens with zero attached hydrogens (tertiary/aromatic N) is 1. The van der Waals surface area contributed by atoms with Crippen LogP contribution in [-0.2, 0) is 6.54 Å². The Kier molecular flexibility index (Phi) is 3.12. The number of aromatic nitrogens is 1. The zero-order valence-electron chi connectivity index (χ0n) is 11.3. The van der Waals surface area contributed by atoms with Gasteiger partial charge in [0.25, 0.3) is 0 Å². The van der Waals surface area contributed by atoms with Crippen LogP contribution >= 0.6 is 11.3 Å². The number of benzene rings is 2. The van der Waals surface area contributed by atoms with Crippen molar-refractivity contribution in [2.24, 2.45) is 0 Å². The predicted octanol–water partition coefficient (Wildman–Crippen LogP) is 3.68. The van der Waals surface area contributed by atoms with E-state index in [1.54, 1.807) is 11.3 Å². The molecule has 0 radical (unpaired) electrons. The van der Waals surface area contributed by atoms with E-state index in [2.05, 4.69) is 16.4 Å². The number of ether oxygens (including phenoxy) is 2. The summed E-state index contributed by atoms with van der Waals surface area (Å²) in [5, 5.41) is 4.30. The van der Waals surface area contributed by atoms with Crippen molar-refractivity contribution in [3.05, 3.63) is 48.0 Å². The highest BCUT2D eigenvalue weighted by Gasteiger charge is 2.11. The van der Waals surface area contributed by atoms with Gasteiger partial charge in [-0.15, -0.1) is 0 Å². The van der Waals surface area contributed by atoms with E-state index < -0.39 is 0 Å². The van der Waals surface area contributed by atoms with Crippen LogP contribution in [0.3, 0.4) is 0 Å². The van der Waals surface area contributed by atoms with Crippen molar-refractivity contribution < 1.29 is 9.47 Å². The van der Waals surface area contributed by atoms with E-state index in [0.29, 0.717) is 13.2 Å². The first kappa shape index (κ1) is 12.5. The number of thiazole rings is 1. The molecule has 0 amide bonds. The van der Waals surface area contributed by atoms with Gasteiger partial charge < -0.3 is 14.8 Å². The number of nitrogens with one attached hydrogen (secondary N) is 1. The number of hydrogen-bond donors (Lipinski definition) is 1. The quantitative estimate of drug-likeness (QED) is 0.801. The van der Waals surface area contributed by atoms with Gasteiger partial charge in [-0.2, -0.15) is 0 Å². The number of anilines is 1. The van der Waals surface area contributed by atoms with Crippen molar-refractivity contribution >= 4 is 26.7 Å². The minimum atomic E-state index is 0.613. The van der Waals surface area contributed by atoms with Gasteiger partial charge in [0.05, 0.1) is 10.2 Å². The summed E-state index contributed by atoms with van der Waals surface area (Å²) in [5.74, 6) is 1.65. The predicted molar refractivity (Wildman–Crippen MR) is 84.4 cm³/mol. The van der Waals surface area contributed by atoms with E-state index >= 15 is 0 Å². The Morgan fingerprint density at radius 3 is 2.81 bits per heavy atom. The average molecular weight is 298 g/mol. The highest BCUT2D eigenvalue weighted by atomic mass is 32.1. The summed E-state index contributed by atoms with van der Waals surface area (Å²) >= 11 is 1.67. The topological polar surface area (TPSA) is 43.4 Å². The summed E-state index contributed by atoms with van der Waals surface area (Å²) in [5.41, 5.74) is 2.19. The van der Waals surface area contributed by atoms with Crippen molar-refractivity contribution in [3.8, 4) is 11.5 Å².